The van der Waals surface area contributed by atoms with Crippen LogP contribution in [0.2, 0.25) is 0 Å². The molecule has 25 heavy (non-hydrogen) atoms. The molecule has 0 radical (unpaired) electrons. The third-order valence-electron chi connectivity index (χ3n) is 3.39. The summed E-state index contributed by atoms with van der Waals surface area (Å²) < 4.78 is 7.09. The van der Waals surface area contributed by atoms with Crippen molar-refractivity contribution in [1.82, 2.24) is 25.2 Å². The van der Waals surface area contributed by atoms with Crippen molar-refractivity contribution in [3.8, 4) is 5.75 Å². The van der Waals surface area contributed by atoms with E-state index in [1.54, 1.807) is 16.5 Å². The number of benzene rings is 1. The van der Waals surface area contributed by atoms with E-state index in [1.165, 1.54) is 0 Å². The van der Waals surface area contributed by atoms with Crippen LogP contribution in [-0.2, 0) is 16.1 Å². The fraction of sp³-hybridized carbons (Fsp3) is 0.176. The van der Waals surface area contributed by atoms with E-state index in [0.29, 0.717) is 17.2 Å². The highest BCUT2D eigenvalue weighted by Gasteiger charge is 2.09. The van der Waals surface area contributed by atoms with Crippen LogP contribution in [0.25, 0.3) is 5.65 Å². The van der Waals surface area contributed by atoms with Gasteiger partial charge in [0.2, 0.25) is 5.91 Å². The Morgan fingerprint density at radius 2 is 1.76 bits per heavy atom. The molecule has 3 aromatic rings. The number of fused-ring (bicyclic) bond motifs is 1. The minimum absolute atomic E-state index is 0.131. The summed E-state index contributed by atoms with van der Waals surface area (Å²) in [5.74, 6) is 0.524. The molecule has 0 unspecified atom stereocenters. The number of ether oxygens (including phenoxy) is 1. The van der Waals surface area contributed by atoms with Crippen LogP contribution in [0.5, 0.6) is 5.75 Å². The van der Waals surface area contributed by atoms with E-state index in [4.69, 9.17) is 4.74 Å². The molecule has 128 valence electrons. The fourth-order valence-electron chi connectivity index (χ4n) is 2.15. The maximum atomic E-state index is 11.8. The zero-order chi connectivity index (χ0) is 17.5. The average molecular weight is 339 g/mol. The van der Waals surface area contributed by atoms with E-state index >= 15 is 0 Å². The first-order chi connectivity index (χ1) is 12.2. The number of hydrogen-bond donors (Lipinski definition) is 2. The summed E-state index contributed by atoms with van der Waals surface area (Å²) in [6.45, 7) is -0.0553. The Hall–Kier alpha value is -3.42. The van der Waals surface area contributed by atoms with Gasteiger partial charge in [-0.3, -0.25) is 14.0 Å². The Morgan fingerprint density at radius 3 is 2.60 bits per heavy atom. The second-order valence-corrected chi connectivity index (χ2v) is 5.20. The summed E-state index contributed by atoms with van der Waals surface area (Å²) in [6.07, 6.45) is 1.82. The van der Waals surface area contributed by atoms with E-state index in [9.17, 15) is 9.59 Å². The van der Waals surface area contributed by atoms with Crippen molar-refractivity contribution < 1.29 is 14.3 Å². The number of para-hydroxylation sites is 1. The summed E-state index contributed by atoms with van der Waals surface area (Å²) in [5.41, 5.74) is 0.707. The molecule has 0 aliphatic carbocycles. The number of nitrogens with zero attached hydrogens (tertiary/aromatic N) is 3. The van der Waals surface area contributed by atoms with Gasteiger partial charge in [0, 0.05) is 6.20 Å². The third-order valence-corrected chi connectivity index (χ3v) is 3.39. The molecule has 0 aliphatic rings. The summed E-state index contributed by atoms with van der Waals surface area (Å²) >= 11 is 0. The Balaban J connectivity index is 1.40. The molecule has 0 atom stereocenters. The SMILES string of the molecule is O=C(CNC(=O)COc1ccccc1)NCc1nnc2ccccn12. The van der Waals surface area contributed by atoms with Crippen LogP contribution in [-0.4, -0.2) is 39.6 Å². The normalized spacial score (nSPS) is 10.4. The lowest BCUT2D eigenvalue weighted by Crippen LogP contribution is -2.38. The number of rotatable bonds is 7. The molecule has 2 heterocycles. The second-order valence-electron chi connectivity index (χ2n) is 5.20. The molecular formula is C17H17N5O3. The average Bonchev–Trinajstić information content (AvgIpc) is 3.07. The van der Waals surface area contributed by atoms with Gasteiger partial charge in [-0.05, 0) is 24.3 Å². The van der Waals surface area contributed by atoms with E-state index in [-0.39, 0.29) is 31.5 Å². The first kappa shape index (κ1) is 16.4. The van der Waals surface area contributed by atoms with Crippen molar-refractivity contribution >= 4 is 17.5 Å². The molecule has 0 spiro atoms. The number of aromatic nitrogens is 3. The minimum atomic E-state index is -0.369. The number of carbonyl (C=O) groups is 2. The number of carbonyl (C=O) groups excluding carboxylic acids is 2. The van der Waals surface area contributed by atoms with Gasteiger partial charge < -0.3 is 15.4 Å². The summed E-state index contributed by atoms with van der Waals surface area (Å²) in [6, 6.07) is 14.5. The molecule has 0 saturated heterocycles. The lowest BCUT2D eigenvalue weighted by atomic mass is 10.3. The van der Waals surface area contributed by atoms with Gasteiger partial charge in [-0.2, -0.15) is 0 Å². The zero-order valence-electron chi connectivity index (χ0n) is 13.4. The van der Waals surface area contributed by atoms with Crippen molar-refractivity contribution in [2.75, 3.05) is 13.2 Å². The van der Waals surface area contributed by atoms with Crippen LogP contribution in [0.3, 0.4) is 0 Å². The maximum absolute atomic E-state index is 11.8. The summed E-state index contributed by atoms with van der Waals surface area (Å²) in [7, 11) is 0. The number of pyridine rings is 1. The van der Waals surface area contributed by atoms with Crippen LogP contribution in [0.4, 0.5) is 0 Å². The largest absolute Gasteiger partial charge is 0.484 e. The summed E-state index contributed by atoms with van der Waals surface area (Å²) in [5, 5.41) is 13.2. The molecule has 3 rings (SSSR count). The van der Waals surface area contributed by atoms with Crippen LogP contribution in [0.1, 0.15) is 5.82 Å². The highest BCUT2D eigenvalue weighted by molar-refractivity contribution is 5.85. The summed E-state index contributed by atoms with van der Waals surface area (Å²) in [4.78, 5) is 23.5. The molecule has 2 amide bonds. The van der Waals surface area contributed by atoms with E-state index in [0.717, 1.165) is 0 Å². The van der Waals surface area contributed by atoms with Gasteiger partial charge in [0.25, 0.3) is 5.91 Å². The van der Waals surface area contributed by atoms with E-state index in [2.05, 4.69) is 20.8 Å². The molecular weight excluding hydrogens is 322 g/mol. The van der Waals surface area contributed by atoms with Gasteiger partial charge in [0.1, 0.15) is 5.75 Å². The maximum Gasteiger partial charge on any atom is 0.258 e. The minimum Gasteiger partial charge on any atom is -0.484 e. The Labute approximate surface area is 143 Å². The van der Waals surface area contributed by atoms with E-state index < -0.39 is 0 Å². The third kappa shape index (κ3) is 4.54. The molecule has 8 nitrogen and oxygen atoms in total. The standard InChI is InChI=1S/C17H17N5O3/c23-16(11-19-17(24)12-25-13-6-2-1-3-7-13)18-10-15-21-20-14-8-4-5-9-22(14)15/h1-9H,10-12H2,(H,18,23)(H,19,24). The predicted molar refractivity (Wildman–Crippen MR) is 89.8 cm³/mol. The molecule has 0 aliphatic heterocycles. The van der Waals surface area contributed by atoms with Gasteiger partial charge >= 0.3 is 0 Å². The van der Waals surface area contributed by atoms with Crippen molar-refractivity contribution in [3.63, 3.8) is 0 Å². The molecule has 8 heteroatoms. The van der Waals surface area contributed by atoms with Crippen LogP contribution < -0.4 is 15.4 Å². The molecule has 0 fully saturated rings. The van der Waals surface area contributed by atoms with Gasteiger partial charge in [-0.1, -0.05) is 24.3 Å². The zero-order valence-corrected chi connectivity index (χ0v) is 13.4. The number of nitrogens with one attached hydrogen (secondary N) is 2. The smallest absolute Gasteiger partial charge is 0.258 e. The van der Waals surface area contributed by atoms with Crippen LogP contribution in [0, 0.1) is 0 Å². The van der Waals surface area contributed by atoms with Crippen molar-refractivity contribution in [2.24, 2.45) is 0 Å². The Kier molecular flexibility index (Phi) is 5.20. The van der Waals surface area contributed by atoms with Crippen LogP contribution >= 0.6 is 0 Å². The van der Waals surface area contributed by atoms with Crippen LogP contribution in [0.15, 0.2) is 54.7 Å². The first-order valence-electron chi connectivity index (χ1n) is 7.72. The van der Waals surface area contributed by atoms with Gasteiger partial charge in [0.05, 0.1) is 13.1 Å². The van der Waals surface area contributed by atoms with Gasteiger partial charge in [-0.15, -0.1) is 10.2 Å². The number of hydrogen-bond acceptors (Lipinski definition) is 5. The number of amides is 2. The fourth-order valence-corrected chi connectivity index (χ4v) is 2.15. The topological polar surface area (TPSA) is 97.6 Å². The quantitative estimate of drug-likeness (QED) is 0.655. The lowest BCUT2D eigenvalue weighted by molar-refractivity contribution is -0.127. The molecule has 0 bridgehead atoms. The lowest BCUT2D eigenvalue weighted by Gasteiger charge is -2.08. The Bertz CT molecular complexity index is 863. The Morgan fingerprint density at radius 1 is 0.960 bits per heavy atom. The van der Waals surface area contributed by atoms with Gasteiger partial charge in [0.15, 0.2) is 18.1 Å². The highest BCUT2D eigenvalue weighted by Crippen LogP contribution is 2.07. The molecule has 0 saturated carbocycles. The van der Waals surface area contributed by atoms with Crippen molar-refractivity contribution in [3.05, 3.63) is 60.6 Å². The monoisotopic (exact) mass is 339 g/mol. The highest BCUT2D eigenvalue weighted by atomic mass is 16.5. The van der Waals surface area contributed by atoms with Crippen molar-refractivity contribution in [2.45, 2.75) is 6.54 Å². The second kappa shape index (κ2) is 7.91. The van der Waals surface area contributed by atoms with Gasteiger partial charge in [-0.25, -0.2) is 0 Å². The molecule has 2 N–H and O–H groups in total. The van der Waals surface area contributed by atoms with E-state index in [1.807, 2.05) is 42.6 Å². The first-order valence-corrected chi connectivity index (χ1v) is 7.72. The predicted octanol–water partition coefficient (Wildman–Crippen LogP) is 0.541. The molecule has 1 aromatic carbocycles. The van der Waals surface area contributed by atoms with Crippen molar-refractivity contribution in [1.29, 1.82) is 0 Å². The molecule has 2 aromatic heterocycles.